The molecule has 27 heavy (non-hydrogen) atoms. The second-order valence-corrected chi connectivity index (χ2v) is 7.57. The number of rotatable bonds is 4. The summed E-state index contributed by atoms with van der Waals surface area (Å²) in [6.45, 7) is 4.85. The van der Waals surface area contributed by atoms with Gasteiger partial charge in [0.2, 0.25) is 5.82 Å². The van der Waals surface area contributed by atoms with Gasteiger partial charge in [0.25, 0.3) is 5.91 Å². The van der Waals surface area contributed by atoms with Crippen molar-refractivity contribution < 1.29 is 13.6 Å². The Balaban J connectivity index is 1.74. The van der Waals surface area contributed by atoms with Crippen LogP contribution in [0.1, 0.15) is 49.3 Å². The maximum absolute atomic E-state index is 14.0. The van der Waals surface area contributed by atoms with Gasteiger partial charge < -0.3 is 5.32 Å². The average molecular weight is 374 g/mol. The number of nitrogens with one attached hydrogen (secondary N) is 1. The Morgan fingerprint density at radius 1 is 1.37 bits per heavy atom. The Bertz CT molecular complexity index is 896. The molecule has 0 fully saturated rings. The topological polar surface area (TPSA) is 59.8 Å². The summed E-state index contributed by atoms with van der Waals surface area (Å²) in [6, 6.07) is 4.73. The molecular weight excluding hydrogens is 350 g/mol. The van der Waals surface area contributed by atoms with Gasteiger partial charge in [0, 0.05) is 18.3 Å². The Hall–Kier alpha value is -2.57. The molecule has 144 valence electrons. The van der Waals surface area contributed by atoms with E-state index in [4.69, 9.17) is 0 Å². The zero-order chi connectivity index (χ0) is 19.8. The molecule has 1 atom stereocenters. The maximum Gasteiger partial charge on any atom is 0.292 e. The van der Waals surface area contributed by atoms with E-state index in [1.165, 1.54) is 10.7 Å². The third-order valence-corrected chi connectivity index (χ3v) is 5.05. The van der Waals surface area contributed by atoms with E-state index in [-0.39, 0.29) is 23.5 Å². The first-order valence-corrected chi connectivity index (χ1v) is 9.02. The van der Waals surface area contributed by atoms with Gasteiger partial charge in [-0.2, -0.15) is 5.10 Å². The monoisotopic (exact) mass is 374 g/mol. The largest absolute Gasteiger partial charge is 0.323 e. The van der Waals surface area contributed by atoms with E-state index >= 15 is 0 Å². The fraction of sp³-hybridized carbons (Fsp3) is 0.450. The van der Waals surface area contributed by atoms with Gasteiger partial charge in [-0.25, -0.2) is 18.4 Å². The summed E-state index contributed by atoms with van der Waals surface area (Å²) in [5.41, 5.74) is 0.587. The van der Waals surface area contributed by atoms with E-state index in [9.17, 15) is 13.6 Å². The number of carbonyl (C=O) groups is 1. The molecule has 3 rings (SSSR count). The van der Waals surface area contributed by atoms with Crippen molar-refractivity contribution in [3.05, 3.63) is 47.2 Å². The van der Waals surface area contributed by atoms with Gasteiger partial charge in [0.05, 0.1) is 0 Å². The van der Waals surface area contributed by atoms with E-state index < -0.39 is 5.67 Å². The number of aromatic nitrogens is 3. The van der Waals surface area contributed by atoms with Gasteiger partial charge in [-0.15, -0.1) is 0 Å². The zero-order valence-corrected chi connectivity index (χ0v) is 16.0. The fourth-order valence-electron chi connectivity index (χ4n) is 3.21. The Labute approximate surface area is 157 Å². The predicted octanol–water partition coefficient (Wildman–Crippen LogP) is 4.09. The molecule has 0 spiro atoms. The quantitative estimate of drug-likeness (QED) is 0.877. The number of alkyl halides is 1. The van der Waals surface area contributed by atoms with E-state index in [2.05, 4.69) is 15.4 Å². The Morgan fingerprint density at radius 2 is 2.11 bits per heavy atom. The number of hydrogen-bond donors (Lipinski definition) is 1. The SMILES string of the molecule is Cc1ccc(-c2nc(C(=O)NC3=CCC(C(C)(C)F)CC3)n(C)n2)cc1F. The molecule has 7 heteroatoms. The Kier molecular flexibility index (Phi) is 5.13. The average Bonchev–Trinajstić information content (AvgIpc) is 2.99. The first-order valence-electron chi connectivity index (χ1n) is 9.02. The highest BCUT2D eigenvalue weighted by Gasteiger charge is 2.30. The standard InChI is InChI=1S/C20H24F2N4O/c1-12-5-6-13(11-16(12)21)17-24-18(26(4)25-17)19(27)23-15-9-7-14(8-10-15)20(2,3)22/h5-6,9,11,14H,7-8,10H2,1-4H3,(H,23,27). The minimum Gasteiger partial charge on any atom is -0.323 e. The van der Waals surface area contributed by atoms with Crippen molar-refractivity contribution in [2.75, 3.05) is 0 Å². The molecule has 0 saturated heterocycles. The van der Waals surface area contributed by atoms with Crippen LogP contribution in [-0.2, 0) is 7.05 Å². The number of hydrogen-bond acceptors (Lipinski definition) is 3. The first kappa shape index (κ1) is 19.2. The molecular formula is C20H24F2N4O. The van der Waals surface area contributed by atoms with E-state index in [1.807, 2.05) is 6.08 Å². The molecule has 0 bridgehead atoms. The summed E-state index contributed by atoms with van der Waals surface area (Å²) in [6.07, 6.45) is 3.76. The zero-order valence-electron chi connectivity index (χ0n) is 16.0. The van der Waals surface area contributed by atoms with Crippen LogP contribution in [-0.4, -0.2) is 26.3 Å². The smallest absolute Gasteiger partial charge is 0.292 e. The number of aryl methyl sites for hydroxylation is 2. The second-order valence-electron chi connectivity index (χ2n) is 7.57. The predicted molar refractivity (Wildman–Crippen MR) is 99.2 cm³/mol. The number of amides is 1. The molecule has 0 aliphatic heterocycles. The van der Waals surface area contributed by atoms with Crippen molar-refractivity contribution in [3.63, 3.8) is 0 Å². The molecule has 1 amide bonds. The molecule has 1 aliphatic rings. The third-order valence-electron chi connectivity index (χ3n) is 5.05. The van der Waals surface area contributed by atoms with Crippen LogP contribution in [0, 0.1) is 18.7 Å². The number of benzene rings is 1. The first-order chi connectivity index (χ1) is 12.6. The van der Waals surface area contributed by atoms with Crippen molar-refractivity contribution >= 4 is 5.91 Å². The molecule has 1 N–H and O–H groups in total. The molecule has 1 heterocycles. The minimum absolute atomic E-state index is 0.0454. The van der Waals surface area contributed by atoms with Gasteiger partial charge >= 0.3 is 0 Å². The van der Waals surface area contributed by atoms with Crippen LogP contribution in [0.5, 0.6) is 0 Å². The number of halogens is 2. The van der Waals surface area contributed by atoms with Gasteiger partial charge in [-0.3, -0.25) is 4.79 Å². The lowest BCUT2D eigenvalue weighted by Crippen LogP contribution is -2.31. The number of allylic oxidation sites excluding steroid dienone is 2. The summed E-state index contributed by atoms with van der Waals surface area (Å²) in [5, 5.41) is 7.05. The van der Waals surface area contributed by atoms with Crippen LogP contribution in [0.4, 0.5) is 8.78 Å². The molecule has 5 nitrogen and oxygen atoms in total. The van der Waals surface area contributed by atoms with Gasteiger partial charge in [0.15, 0.2) is 5.82 Å². The summed E-state index contributed by atoms with van der Waals surface area (Å²) < 4.78 is 29.2. The van der Waals surface area contributed by atoms with Crippen LogP contribution in [0.2, 0.25) is 0 Å². The van der Waals surface area contributed by atoms with Crippen molar-refractivity contribution in [3.8, 4) is 11.4 Å². The van der Waals surface area contributed by atoms with Crippen molar-refractivity contribution in [1.82, 2.24) is 20.1 Å². The van der Waals surface area contributed by atoms with Crippen LogP contribution in [0.15, 0.2) is 30.0 Å². The van der Waals surface area contributed by atoms with Crippen LogP contribution >= 0.6 is 0 Å². The lowest BCUT2D eigenvalue weighted by molar-refractivity contribution is 0.0941. The molecule has 2 aromatic rings. The second kappa shape index (κ2) is 7.21. The molecule has 0 saturated carbocycles. The molecule has 1 unspecified atom stereocenters. The highest BCUT2D eigenvalue weighted by atomic mass is 19.1. The summed E-state index contributed by atoms with van der Waals surface area (Å²) in [7, 11) is 1.62. The lowest BCUT2D eigenvalue weighted by Gasteiger charge is -2.29. The highest BCUT2D eigenvalue weighted by Crippen LogP contribution is 2.33. The van der Waals surface area contributed by atoms with Crippen molar-refractivity contribution in [1.29, 1.82) is 0 Å². The normalized spacial score (nSPS) is 17.6. The van der Waals surface area contributed by atoms with Crippen LogP contribution < -0.4 is 5.32 Å². The maximum atomic E-state index is 14.0. The van der Waals surface area contributed by atoms with Gasteiger partial charge in [-0.1, -0.05) is 18.2 Å². The molecule has 0 radical (unpaired) electrons. The third kappa shape index (κ3) is 4.23. The minimum atomic E-state index is -1.23. The fourth-order valence-corrected chi connectivity index (χ4v) is 3.21. The molecule has 1 aliphatic carbocycles. The van der Waals surface area contributed by atoms with Crippen molar-refractivity contribution in [2.45, 2.75) is 45.7 Å². The molecule has 1 aromatic carbocycles. The summed E-state index contributed by atoms with van der Waals surface area (Å²) in [5.74, 6) is -0.342. The van der Waals surface area contributed by atoms with Crippen LogP contribution in [0.25, 0.3) is 11.4 Å². The summed E-state index contributed by atoms with van der Waals surface area (Å²) >= 11 is 0. The van der Waals surface area contributed by atoms with E-state index in [1.54, 1.807) is 40.0 Å². The lowest BCUT2D eigenvalue weighted by atomic mass is 9.82. The Morgan fingerprint density at radius 3 is 2.70 bits per heavy atom. The van der Waals surface area contributed by atoms with Gasteiger partial charge in [-0.05, 0) is 57.6 Å². The van der Waals surface area contributed by atoms with Crippen molar-refractivity contribution in [2.24, 2.45) is 13.0 Å². The summed E-state index contributed by atoms with van der Waals surface area (Å²) in [4.78, 5) is 16.8. The van der Waals surface area contributed by atoms with Crippen LogP contribution in [0.3, 0.4) is 0 Å². The number of carbonyl (C=O) groups excluding carboxylic acids is 1. The van der Waals surface area contributed by atoms with E-state index in [0.29, 0.717) is 36.2 Å². The highest BCUT2D eigenvalue weighted by molar-refractivity contribution is 5.92. The number of nitrogens with zero attached hydrogens (tertiary/aromatic N) is 3. The molecule has 1 aromatic heterocycles. The van der Waals surface area contributed by atoms with E-state index in [0.717, 1.165) is 5.70 Å². The van der Waals surface area contributed by atoms with Gasteiger partial charge in [0.1, 0.15) is 11.5 Å².